The molecule has 0 fully saturated rings. The fourth-order valence-electron chi connectivity index (χ4n) is 3.29. The molecule has 3 aromatic rings. The highest BCUT2D eigenvalue weighted by atomic mass is 35.5. The summed E-state index contributed by atoms with van der Waals surface area (Å²) in [6.45, 7) is 0.0820. The predicted molar refractivity (Wildman–Crippen MR) is 111 cm³/mol. The summed E-state index contributed by atoms with van der Waals surface area (Å²) in [7, 11) is 0. The Labute approximate surface area is 184 Å². The number of benzene rings is 3. The Hall–Kier alpha value is -3.03. The number of ketones is 1. The lowest BCUT2D eigenvalue weighted by Gasteiger charge is -2.17. The van der Waals surface area contributed by atoms with Crippen molar-refractivity contribution in [3.8, 4) is 16.9 Å². The Morgan fingerprint density at radius 1 is 0.839 bits per heavy atom. The Morgan fingerprint density at radius 2 is 1.52 bits per heavy atom. The van der Waals surface area contributed by atoms with E-state index in [9.17, 15) is 22.8 Å². The molecule has 0 aromatic heterocycles. The summed E-state index contributed by atoms with van der Waals surface area (Å²) in [6.07, 6.45) is -4.89. The first-order chi connectivity index (χ1) is 14.6. The molecular formula is C22H12Cl2F3NO3. The highest BCUT2D eigenvalue weighted by Crippen LogP contribution is 2.35. The lowest BCUT2D eigenvalue weighted by atomic mass is 10.0. The van der Waals surface area contributed by atoms with E-state index in [0.29, 0.717) is 10.0 Å². The van der Waals surface area contributed by atoms with Crippen molar-refractivity contribution in [3.63, 3.8) is 0 Å². The van der Waals surface area contributed by atoms with Gasteiger partial charge in [-0.15, -0.1) is 13.2 Å². The number of halogens is 5. The van der Waals surface area contributed by atoms with Gasteiger partial charge in [-0.1, -0.05) is 53.5 Å². The molecule has 0 N–H and O–H groups in total. The number of Topliss-reactive ketones (excluding diaryl/α,β-unsaturated/α-hetero) is 1. The predicted octanol–water partition coefficient (Wildman–Crippen LogP) is 6.29. The number of hydrogen-bond donors (Lipinski definition) is 0. The number of alkyl halides is 3. The molecule has 1 heterocycles. The molecule has 3 aromatic carbocycles. The quantitative estimate of drug-likeness (QED) is 0.425. The monoisotopic (exact) mass is 465 g/mol. The van der Waals surface area contributed by atoms with Gasteiger partial charge in [0.25, 0.3) is 11.7 Å². The summed E-state index contributed by atoms with van der Waals surface area (Å²) < 4.78 is 41.1. The van der Waals surface area contributed by atoms with E-state index in [1.807, 2.05) is 18.2 Å². The lowest BCUT2D eigenvalue weighted by molar-refractivity contribution is -0.274. The maximum Gasteiger partial charge on any atom is 0.573 e. The van der Waals surface area contributed by atoms with E-state index in [1.165, 1.54) is 11.0 Å². The second-order valence-corrected chi connectivity index (χ2v) is 7.59. The molecule has 0 atom stereocenters. The number of nitrogens with zero attached hydrogens (tertiary/aromatic N) is 1. The third kappa shape index (κ3) is 4.38. The van der Waals surface area contributed by atoms with E-state index >= 15 is 0 Å². The van der Waals surface area contributed by atoms with Gasteiger partial charge in [-0.05, 0) is 47.0 Å². The fourth-order valence-corrected chi connectivity index (χ4v) is 3.59. The van der Waals surface area contributed by atoms with Gasteiger partial charge in [-0.25, -0.2) is 0 Å². The van der Waals surface area contributed by atoms with Crippen LogP contribution in [0.4, 0.5) is 18.9 Å². The maximum absolute atomic E-state index is 12.4. The molecule has 1 amide bonds. The van der Waals surface area contributed by atoms with Crippen LogP contribution in [-0.4, -0.2) is 18.1 Å². The zero-order valence-electron chi connectivity index (χ0n) is 15.5. The van der Waals surface area contributed by atoms with Crippen LogP contribution in [-0.2, 0) is 11.3 Å². The van der Waals surface area contributed by atoms with E-state index in [0.717, 1.165) is 28.8 Å². The molecule has 0 unspecified atom stereocenters. The third-order valence-corrected chi connectivity index (χ3v) is 5.46. The number of ether oxygens (including phenoxy) is 1. The number of anilines is 1. The van der Waals surface area contributed by atoms with Crippen LogP contribution in [0.15, 0.2) is 60.7 Å². The molecule has 31 heavy (non-hydrogen) atoms. The van der Waals surface area contributed by atoms with Crippen LogP contribution in [0.2, 0.25) is 10.0 Å². The number of carbonyl (C=O) groups excluding carboxylic acids is 2. The Bertz CT molecular complexity index is 1190. The van der Waals surface area contributed by atoms with Gasteiger partial charge in [0, 0.05) is 0 Å². The van der Waals surface area contributed by atoms with Crippen LogP contribution in [0.25, 0.3) is 11.1 Å². The topological polar surface area (TPSA) is 46.6 Å². The van der Waals surface area contributed by atoms with Crippen LogP contribution < -0.4 is 9.64 Å². The van der Waals surface area contributed by atoms with Crippen LogP contribution in [0.1, 0.15) is 15.9 Å². The van der Waals surface area contributed by atoms with Crippen molar-refractivity contribution in [1.82, 2.24) is 0 Å². The molecule has 0 bridgehead atoms. The number of amides is 1. The number of rotatable bonds is 4. The van der Waals surface area contributed by atoms with E-state index in [4.69, 9.17) is 23.2 Å². The lowest BCUT2D eigenvalue weighted by Crippen LogP contribution is -2.29. The van der Waals surface area contributed by atoms with Crippen LogP contribution >= 0.6 is 23.2 Å². The Kier molecular flexibility index (Phi) is 5.41. The highest BCUT2D eigenvalue weighted by Gasteiger charge is 2.37. The molecule has 1 aliphatic rings. The Balaban J connectivity index is 1.57. The minimum Gasteiger partial charge on any atom is -0.406 e. The maximum atomic E-state index is 12.4. The summed E-state index contributed by atoms with van der Waals surface area (Å²) in [5.74, 6) is -2.25. The van der Waals surface area contributed by atoms with Crippen molar-refractivity contribution in [2.24, 2.45) is 0 Å². The van der Waals surface area contributed by atoms with Crippen LogP contribution in [0, 0.1) is 0 Å². The second kappa shape index (κ2) is 7.90. The van der Waals surface area contributed by atoms with Gasteiger partial charge in [0.2, 0.25) is 0 Å². The van der Waals surface area contributed by atoms with Gasteiger partial charge >= 0.3 is 6.36 Å². The van der Waals surface area contributed by atoms with Gasteiger partial charge in [-0.3, -0.25) is 9.59 Å². The average Bonchev–Trinajstić information content (AvgIpc) is 2.94. The summed E-state index contributed by atoms with van der Waals surface area (Å²) in [6, 6.07) is 15.7. The molecule has 0 aliphatic carbocycles. The molecule has 0 radical (unpaired) electrons. The van der Waals surface area contributed by atoms with E-state index in [-0.39, 0.29) is 17.8 Å². The summed E-state index contributed by atoms with van der Waals surface area (Å²) in [4.78, 5) is 25.9. The standard InChI is InChI=1S/C22H12Cl2F3NO3/c23-17-7-5-14(9-18(17)24)13-3-1-12(2-4-13)11-28-19-8-6-15(31-22(25,26)27)10-16(19)20(29)21(28)30/h1-10H,11H2. The van der Waals surface area contributed by atoms with Crippen LogP contribution in [0.5, 0.6) is 5.75 Å². The van der Waals surface area contributed by atoms with Crippen molar-refractivity contribution in [2.75, 3.05) is 4.90 Å². The zero-order valence-corrected chi connectivity index (χ0v) is 17.1. The SMILES string of the molecule is O=C1C(=O)N(Cc2ccc(-c3ccc(Cl)c(Cl)c3)cc2)c2ccc(OC(F)(F)F)cc21. The third-order valence-electron chi connectivity index (χ3n) is 4.72. The Morgan fingerprint density at radius 3 is 2.16 bits per heavy atom. The van der Waals surface area contributed by atoms with Gasteiger partial charge in [0.05, 0.1) is 27.8 Å². The average molecular weight is 466 g/mol. The molecule has 1 aliphatic heterocycles. The van der Waals surface area contributed by atoms with Crippen molar-refractivity contribution in [3.05, 3.63) is 81.8 Å². The molecule has 0 spiro atoms. The second-order valence-electron chi connectivity index (χ2n) is 6.77. The minimum absolute atomic E-state index is 0.0820. The molecular weight excluding hydrogens is 454 g/mol. The number of carbonyl (C=O) groups is 2. The molecule has 0 saturated heterocycles. The first-order valence-corrected chi connectivity index (χ1v) is 9.68. The van der Waals surface area contributed by atoms with Crippen molar-refractivity contribution < 1.29 is 27.5 Å². The smallest absolute Gasteiger partial charge is 0.406 e. The largest absolute Gasteiger partial charge is 0.573 e. The van der Waals surface area contributed by atoms with Gasteiger partial charge in [-0.2, -0.15) is 0 Å². The van der Waals surface area contributed by atoms with Gasteiger partial charge < -0.3 is 9.64 Å². The minimum atomic E-state index is -4.89. The molecule has 158 valence electrons. The molecule has 9 heteroatoms. The summed E-state index contributed by atoms with van der Waals surface area (Å²) >= 11 is 12.0. The molecule has 4 rings (SSSR count). The van der Waals surface area contributed by atoms with Crippen LogP contribution in [0.3, 0.4) is 0 Å². The highest BCUT2D eigenvalue weighted by molar-refractivity contribution is 6.52. The molecule has 4 nitrogen and oxygen atoms in total. The van der Waals surface area contributed by atoms with E-state index in [2.05, 4.69) is 4.74 Å². The van der Waals surface area contributed by atoms with Gasteiger partial charge in [0.1, 0.15) is 5.75 Å². The van der Waals surface area contributed by atoms with E-state index < -0.39 is 23.8 Å². The number of fused-ring (bicyclic) bond motifs is 1. The summed E-state index contributed by atoms with van der Waals surface area (Å²) in [5, 5.41) is 0.872. The first kappa shape index (κ1) is 21.2. The van der Waals surface area contributed by atoms with Crippen molar-refractivity contribution >= 4 is 40.6 Å². The molecule has 0 saturated carbocycles. The zero-order chi connectivity index (χ0) is 22.3. The fraction of sp³-hybridized carbons (Fsp3) is 0.0909. The van der Waals surface area contributed by atoms with Gasteiger partial charge in [0.15, 0.2) is 0 Å². The first-order valence-electron chi connectivity index (χ1n) is 8.93. The van der Waals surface area contributed by atoms with E-state index in [1.54, 1.807) is 24.3 Å². The summed E-state index contributed by atoms with van der Waals surface area (Å²) in [5.41, 5.74) is 2.57. The number of hydrogen-bond acceptors (Lipinski definition) is 3. The van der Waals surface area contributed by atoms with Crippen molar-refractivity contribution in [2.45, 2.75) is 12.9 Å². The van der Waals surface area contributed by atoms with Crippen molar-refractivity contribution in [1.29, 1.82) is 0 Å². The normalized spacial score (nSPS) is 13.5.